The van der Waals surface area contributed by atoms with E-state index in [1.54, 1.807) is 11.3 Å². The number of thiophene rings is 1. The monoisotopic (exact) mass is 634 g/mol. The van der Waals surface area contributed by atoms with Crippen molar-refractivity contribution in [3.8, 4) is 0 Å². The molecule has 0 spiro atoms. The van der Waals surface area contributed by atoms with Gasteiger partial charge in [0.1, 0.15) is 0 Å². The third-order valence-electron chi connectivity index (χ3n) is 8.30. The Labute approximate surface area is 286 Å². The van der Waals surface area contributed by atoms with Crippen molar-refractivity contribution in [3.63, 3.8) is 0 Å². The number of fused-ring (bicyclic) bond motifs is 1. The summed E-state index contributed by atoms with van der Waals surface area (Å²) in [5.41, 5.74) is 10.6. The fourth-order valence-electron chi connectivity index (χ4n) is 5.88. The maximum atomic E-state index is 5.14. The zero-order valence-corrected chi connectivity index (χ0v) is 27.6. The van der Waals surface area contributed by atoms with Crippen LogP contribution in [0.2, 0.25) is 0 Å². The lowest BCUT2D eigenvalue weighted by atomic mass is 9.85. The van der Waals surface area contributed by atoms with Crippen molar-refractivity contribution in [2.45, 2.75) is 6.92 Å². The normalized spacial score (nSPS) is 11.8. The van der Waals surface area contributed by atoms with Gasteiger partial charge in [0.15, 0.2) is 5.84 Å². The number of rotatable bonds is 8. The minimum Gasteiger partial charge on any atom is -0.232 e. The van der Waals surface area contributed by atoms with E-state index in [2.05, 4.69) is 159 Å². The first kappa shape index (κ1) is 30.7. The van der Waals surface area contributed by atoms with Gasteiger partial charge in [0.05, 0.1) is 10.6 Å². The predicted molar refractivity (Wildman–Crippen MR) is 207 cm³/mol. The van der Waals surface area contributed by atoms with Crippen molar-refractivity contribution in [2.24, 2.45) is 9.98 Å². The second-order valence-electron chi connectivity index (χ2n) is 11.5. The first-order valence-corrected chi connectivity index (χ1v) is 16.8. The smallest absolute Gasteiger partial charge is 0.170 e. The highest BCUT2D eigenvalue weighted by Gasteiger charge is 2.17. The van der Waals surface area contributed by atoms with Crippen LogP contribution in [0.5, 0.6) is 0 Å². The van der Waals surface area contributed by atoms with Crippen LogP contribution in [0.25, 0.3) is 26.9 Å². The molecular weight excluding hydrogens is 601 g/mol. The molecule has 0 N–H and O–H groups in total. The lowest BCUT2D eigenvalue weighted by Crippen LogP contribution is -2.03. The first-order valence-electron chi connectivity index (χ1n) is 16.0. The summed E-state index contributed by atoms with van der Waals surface area (Å²) in [5, 5.41) is 1.18. The highest BCUT2D eigenvalue weighted by Crippen LogP contribution is 2.37. The van der Waals surface area contributed by atoms with Gasteiger partial charge in [-0.05, 0) is 69.0 Å². The van der Waals surface area contributed by atoms with Crippen LogP contribution in [-0.2, 0) is 0 Å². The molecule has 0 radical (unpaired) electrons. The van der Waals surface area contributed by atoms with Crippen LogP contribution in [0.3, 0.4) is 0 Å². The van der Waals surface area contributed by atoms with Gasteiger partial charge in [-0.2, -0.15) is 0 Å². The Morgan fingerprint density at radius 2 is 0.875 bits per heavy atom. The fourth-order valence-corrected chi connectivity index (χ4v) is 6.87. The minimum absolute atomic E-state index is 0.659. The molecule has 0 aliphatic carbocycles. The summed E-state index contributed by atoms with van der Waals surface area (Å²) < 4.78 is 1.20. The Morgan fingerprint density at radius 1 is 0.458 bits per heavy atom. The molecule has 0 atom stereocenters. The van der Waals surface area contributed by atoms with Crippen LogP contribution < -0.4 is 0 Å². The Morgan fingerprint density at radius 3 is 1.38 bits per heavy atom. The van der Waals surface area contributed by atoms with Crippen LogP contribution in [0.4, 0.5) is 0 Å². The average molecular weight is 635 g/mol. The number of hydrogen-bond donors (Lipinski definition) is 0. The van der Waals surface area contributed by atoms with E-state index in [0.29, 0.717) is 11.5 Å². The Bertz CT molecular complexity index is 2190. The van der Waals surface area contributed by atoms with Crippen LogP contribution in [0.1, 0.15) is 45.2 Å². The van der Waals surface area contributed by atoms with E-state index in [9.17, 15) is 0 Å². The molecule has 0 aliphatic rings. The van der Waals surface area contributed by atoms with Gasteiger partial charge in [-0.3, -0.25) is 0 Å². The summed E-state index contributed by atoms with van der Waals surface area (Å²) in [4.78, 5) is 11.1. The molecule has 0 aliphatic heterocycles. The summed E-state index contributed by atoms with van der Waals surface area (Å²) in [5.74, 6) is 0.659. The maximum Gasteiger partial charge on any atom is 0.170 e. The van der Waals surface area contributed by atoms with E-state index in [1.165, 1.54) is 32.4 Å². The second kappa shape index (κ2) is 14.3. The number of amidine groups is 1. The van der Waals surface area contributed by atoms with Gasteiger partial charge < -0.3 is 0 Å². The van der Waals surface area contributed by atoms with Gasteiger partial charge in [0, 0.05) is 10.4 Å². The van der Waals surface area contributed by atoms with Gasteiger partial charge in [0.25, 0.3) is 0 Å². The van der Waals surface area contributed by atoms with E-state index >= 15 is 0 Å². The van der Waals surface area contributed by atoms with Crippen LogP contribution in [0, 0.1) is 0 Å². The molecule has 1 heterocycles. The van der Waals surface area contributed by atoms with Gasteiger partial charge in [0.2, 0.25) is 0 Å². The van der Waals surface area contributed by atoms with E-state index < -0.39 is 0 Å². The van der Waals surface area contributed by atoms with E-state index in [1.807, 2.05) is 30.3 Å². The summed E-state index contributed by atoms with van der Waals surface area (Å²) in [6, 6.07) is 61.3. The van der Waals surface area contributed by atoms with Crippen molar-refractivity contribution in [1.82, 2.24) is 0 Å². The van der Waals surface area contributed by atoms with Crippen molar-refractivity contribution in [1.29, 1.82) is 0 Å². The summed E-state index contributed by atoms with van der Waals surface area (Å²) in [6.07, 6.45) is 0. The summed E-state index contributed by atoms with van der Waals surface area (Å²) in [7, 11) is 0. The molecule has 48 heavy (non-hydrogen) atoms. The molecule has 0 fully saturated rings. The molecule has 0 amide bonds. The topological polar surface area (TPSA) is 24.7 Å². The highest BCUT2D eigenvalue weighted by molar-refractivity contribution is 7.20. The van der Waals surface area contributed by atoms with E-state index in [4.69, 9.17) is 9.98 Å². The molecule has 7 rings (SSSR count). The van der Waals surface area contributed by atoms with Crippen LogP contribution in [-0.4, -0.2) is 11.5 Å². The van der Waals surface area contributed by atoms with Crippen LogP contribution in [0.15, 0.2) is 192 Å². The number of nitrogens with zero attached hydrogens (tertiary/aromatic N) is 2. The van der Waals surface area contributed by atoms with Crippen molar-refractivity contribution < 1.29 is 0 Å². The number of hydrogen-bond acceptors (Lipinski definition) is 2. The van der Waals surface area contributed by atoms with Crippen molar-refractivity contribution in [2.75, 3.05) is 0 Å². The molecule has 230 valence electrons. The molecule has 3 heteroatoms. The molecule has 2 nitrogen and oxygen atoms in total. The van der Waals surface area contributed by atoms with E-state index in [0.717, 1.165) is 32.8 Å². The molecule has 7 aromatic rings. The fraction of sp³-hybridized carbons (Fsp3) is 0.0222. The molecule has 0 unspecified atom stereocenters. The van der Waals surface area contributed by atoms with Crippen molar-refractivity contribution in [3.05, 3.63) is 221 Å². The number of benzene rings is 6. The zero-order chi connectivity index (χ0) is 32.7. The predicted octanol–water partition coefficient (Wildman–Crippen LogP) is 11.8. The third kappa shape index (κ3) is 6.78. The van der Waals surface area contributed by atoms with E-state index in [-0.39, 0.29) is 0 Å². The molecular formula is C45H34N2S. The van der Waals surface area contributed by atoms with Gasteiger partial charge in [-0.1, -0.05) is 170 Å². The molecule has 1 aromatic heterocycles. The van der Waals surface area contributed by atoms with Crippen molar-refractivity contribution >= 4 is 49.8 Å². The van der Waals surface area contributed by atoms with Gasteiger partial charge in [-0.15, -0.1) is 11.3 Å². The zero-order valence-electron chi connectivity index (χ0n) is 26.8. The average Bonchev–Trinajstić information content (AvgIpc) is 3.60. The highest BCUT2D eigenvalue weighted by atomic mass is 32.1. The summed E-state index contributed by atoms with van der Waals surface area (Å²) in [6.45, 7) is 6.35. The molecule has 0 saturated heterocycles. The third-order valence-corrected chi connectivity index (χ3v) is 9.41. The number of aliphatic imine (C=N–C) groups is 2. The maximum absolute atomic E-state index is 5.14. The Kier molecular flexibility index (Phi) is 9.13. The quantitative estimate of drug-likeness (QED) is 0.0903. The Hall–Kier alpha value is -5.90. The lowest BCUT2D eigenvalue weighted by Gasteiger charge is -2.18. The summed E-state index contributed by atoms with van der Waals surface area (Å²) >= 11 is 1.70. The molecule has 0 bridgehead atoms. The molecule has 6 aromatic carbocycles. The SMILES string of the molecule is C=C(/N=C(\N=C(/C)c1ccc(C(=C(c2ccccc2)c2ccccc2)c2ccccc2)cc1)c1cc2ccccc2s1)c1ccccc1. The first-order chi connectivity index (χ1) is 23.6. The Balaban J connectivity index is 1.33. The molecule has 0 saturated carbocycles. The largest absolute Gasteiger partial charge is 0.232 e. The standard InChI is InChI=1S/C45H34N2S/c1-32(34-17-7-3-8-18-34)46-45(42-31-40-25-15-16-26-41(40)48-42)47-33(2)35-27-29-39(30-28-35)44(38-23-13-6-14-24-38)43(36-19-9-4-10-20-36)37-21-11-5-12-22-37/h3-31H,1H2,2H3/b46-45-,47-33+. The lowest BCUT2D eigenvalue weighted by molar-refractivity contribution is 1.45. The van der Waals surface area contributed by atoms with Crippen LogP contribution >= 0.6 is 11.3 Å². The van der Waals surface area contributed by atoms with Gasteiger partial charge in [-0.25, -0.2) is 9.98 Å². The second-order valence-corrected chi connectivity index (χ2v) is 12.6. The van der Waals surface area contributed by atoms with Gasteiger partial charge >= 0.3 is 0 Å². The minimum atomic E-state index is 0.659.